The molecule has 4 rings (SSSR count). The molecular weight excluding hydrogens is 356 g/mol. The van der Waals surface area contributed by atoms with Crippen LogP contribution in [0, 0.1) is 0 Å². The zero-order valence-corrected chi connectivity index (χ0v) is 15.6. The minimum absolute atomic E-state index is 0.464. The van der Waals surface area contributed by atoms with Gasteiger partial charge < -0.3 is 24.9 Å². The van der Waals surface area contributed by atoms with Crippen LogP contribution in [-0.2, 0) is 9.47 Å². The number of rotatable bonds is 8. The lowest BCUT2D eigenvalue weighted by Crippen LogP contribution is -2.10. The third-order valence-electron chi connectivity index (χ3n) is 4.53. The third kappa shape index (κ3) is 3.62. The van der Waals surface area contributed by atoms with E-state index in [0.29, 0.717) is 32.1 Å². The minimum atomic E-state index is 0.464. The summed E-state index contributed by atoms with van der Waals surface area (Å²) in [4.78, 5) is 12.2. The van der Waals surface area contributed by atoms with Crippen molar-refractivity contribution < 1.29 is 14.2 Å². The third-order valence-corrected chi connectivity index (χ3v) is 4.53. The van der Waals surface area contributed by atoms with Crippen LogP contribution < -0.4 is 10.5 Å². The van der Waals surface area contributed by atoms with Crippen LogP contribution in [-0.4, -0.2) is 48.5 Å². The molecule has 28 heavy (non-hydrogen) atoms. The number of aromatic amines is 1. The van der Waals surface area contributed by atoms with Gasteiger partial charge in [-0.1, -0.05) is 6.07 Å². The fourth-order valence-corrected chi connectivity index (χ4v) is 3.20. The fourth-order valence-electron chi connectivity index (χ4n) is 3.20. The first kappa shape index (κ1) is 18.2. The average molecular weight is 378 g/mol. The Morgan fingerprint density at radius 3 is 2.82 bits per heavy atom. The van der Waals surface area contributed by atoms with Crippen LogP contribution in [0.3, 0.4) is 0 Å². The number of aromatic nitrogens is 3. The highest BCUT2D eigenvalue weighted by Gasteiger charge is 2.13. The molecule has 0 aliphatic carbocycles. The number of nitrogens with zero attached hydrogens (tertiary/aromatic N) is 2. The maximum Gasteiger partial charge on any atom is 0.121 e. The molecule has 2 heterocycles. The number of nitrogens with one attached hydrogen (secondary N) is 1. The first-order valence-corrected chi connectivity index (χ1v) is 9.08. The number of nitrogens with two attached hydrogens (primary N) is 1. The van der Waals surface area contributed by atoms with Crippen molar-refractivity contribution in [2.24, 2.45) is 0 Å². The van der Waals surface area contributed by atoms with E-state index < -0.39 is 0 Å². The van der Waals surface area contributed by atoms with Gasteiger partial charge in [0.2, 0.25) is 0 Å². The number of fused-ring (bicyclic) bond motifs is 2. The van der Waals surface area contributed by atoms with Gasteiger partial charge in [0, 0.05) is 46.9 Å². The summed E-state index contributed by atoms with van der Waals surface area (Å²) in [5.74, 6) is 0.742. The molecule has 0 saturated carbocycles. The minimum Gasteiger partial charge on any atom is -0.491 e. The van der Waals surface area contributed by atoms with Gasteiger partial charge in [-0.3, -0.25) is 0 Å². The highest BCUT2D eigenvalue weighted by Crippen LogP contribution is 2.35. The summed E-state index contributed by atoms with van der Waals surface area (Å²) in [6.45, 7) is 2.10. The zero-order chi connectivity index (χ0) is 19.3. The van der Waals surface area contributed by atoms with Gasteiger partial charge in [0.1, 0.15) is 18.7 Å². The molecule has 0 bridgehead atoms. The molecule has 0 saturated heterocycles. The Labute approximate surface area is 162 Å². The van der Waals surface area contributed by atoms with E-state index in [9.17, 15) is 0 Å². The van der Waals surface area contributed by atoms with E-state index in [0.717, 1.165) is 38.8 Å². The van der Waals surface area contributed by atoms with E-state index in [1.807, 2.05) is 42.6 Å². The molecule has 4 aromatic rings. The number of anilines is 1. The number of H-pyrrole nitrogens is 1. The summed E-state index contributed by atoms with van der Waals surface area (Å²) in [5.41, 5.74) is 10.5. The number of hydrogen-bond acceptors (Lipinski definition) is 6. The normalized spacial score (nSPS) is 11.3. The Balaban J connectivity index is 1.59. The highest BCUT2D eigenvalue weighted by atomic mass is 16.5. The van der Waals surface area contributed by atoms with Gasteiger partial charge in [-0.25, -0.2) is 9.97 Å². The number of methoxy groups -OCH3 is 1. The quantitative estimate of drug-likeness (QED) is 0.360. The van der Waals surface area contributed by atoms with Gasteiger partial charge in [-0.15, -0.1) is 0 Å². The van der Waals surface area contributed by atoms with E-state index in [2.05, 4.69) is 15.0 Å². The summed E-state index contributed by atoms with van der Waals surface area (Å²) in [5, 5.41) is 1.91. The molecule has 2 aromatic heterocycles. The summed E-state index contributed by atoms with van der Waals surface area (Å²) in [7, 11) is 1.65. The van der Waals surface area contributed by atoms with Crippen molar-refractivity contribution in [2.75, 3.05) is 39.3 Å². The van der Waals surface area contributed by atoms with Crippen LogP contribution in [0.1, 0.15) is 0 Å². The second kappa shape index (κ2) is 8.24. The van der Waals surface area contributed by atoms with Crippen molar-refractivity contribution in [1.82, 2.24) is 15.0 Å². The van der Waals surface area contributed by atoms with E-state index in [-0.39, 0.29) is 0 Å². The molecule has 0 aliphatic heterocycles. The number of nitrogen functional groups attached to an aromatic ring is 1. The summed E-state index contributed by atoms with van der Waals surface area (Å²) < 4.78 is 16.1. The first-order valence-electron chi connectivity index (χ1n) is 9.08. The van der Waals surface area contributed by atoms with Gasteiger partial charge in [0.05, 0.1) is 31.0 Å². The number of ether oxygens (including phenoxy) is 3. The van der Waals surface area contributed by atoms with Crippen LogP contribution in [0.4, 0.5) is 5.69 Å². The molecule has 3 N–H and O–H groups in total. The van der Waals surface area contributed by atoms with E-state index in [1.54, 1.807) is 13.4 Å². The molecule has 7 heteroatoms. The molecule has 2 aromatic carbocycles. The standard InChI is InChI=1S/C21H22N4O3/c1-26-7-8-27-9-10-28-14-5-6-15-19(11-14)24-13-25-21(15)16-12-23-18-4-2-3-17(22)20(16)18/h2-6,11-13,23H,7-10,22H2,1H3. The van der Waals surface area contributed by atoms with E-state index >= 15 is 0 Å². The van der Waals surface area contributed by atoms with Gasteiger partial charge in [-0.05, 0) is 24.3 Å². The highest BCUT2D eigenvalue weighted by molar-refractivity contribution is 6.07. The zero-order valence-electron chi connectivity index (χ0n) is 15.6. The predicted molar refractivity (Wildman–Crippen MR) is 109 cm³/mol. The van der Waals surface area contributed by atoms with Crippen LogP contribution >= 0.6 is 0 Å². The fraction of sp³-hybridized carbons (Fsp3) is 0.238. The SMILES string of the molecule is COCCOCCOc1ccc2c(-c3c[nH]c4cccc(N)c34)ncnc2c1. The van der Waals surface area contributed by atoms with Crippen molar-refractivity contribution in [3.63, 3.8) is 0 Å². The molecule has 0 unspecified atom stereocenters. The Hall–Kier alpha value is -3.16. The van der Waals surface area contributed by atoms with Crippen LogP contribution in [0.5, 0.6) is 5.75 Å². The summed E-state index contributed by atoms with van der Waals surface area (Å²) >= 11 is 0. The van der Waals surface area contributed by atoms with Gasteiger partial charge in [-0.2, -0.15) is 0 Å². The van der Waals surface area contributed by atoms with Crippen molar-refractivity contribution >= 4 is 27.5 Å². The summed E-state index contributed by atoms with van der Waals surface area (Å²) in [6.07, 6.45) is 3.50. The van der Waals surface area contributed by atoms with Crippen LogP contribution in [0.15, 0.2) is 48.9 Å². The maximum absolute atomic E-state index is 6.20. The number of hydrogen-bond donors (Lipinski definition) is 2. The maximum atomic E-state index is 6.20. The van der Waals surface area contributed by atoms with E-state index in [1.165, 1.54) is 0 Å². The van der Waals surface area contributed by atoms with E-state index in [4.69, 9.17) is 19.9 Å². The van der Waals surface area contributed by atoms with Gasteiger partial charge in [0.25, 0.3) is 0 Å². The molecule has 7 nitrogen and oxygen atoms in total. The Kier molecular flexibility index (Phi) is 5.36. The molecule has 0 aliphatic rings. The lowest BCUT2D eigenvalue weighted by Gasteiger charge is -2.09. The number of benzene rings is 2. The molecule has 144 valence electrons. The Morgan fingerprint density at radius 1 is 1.04 bits per heavy atom. The largest absolute Gasteiger partial charge is 0.491 e. The van der Waals surface area contributed by atoms with Crippen molar-refractivity contribution in [1.29, 1.82) is 0 Å². The van der Waals surface area contributed by atoms with Crippen LogP contribution in [0.2, 0.25) is 0 Å². The summed E-state index contributed by atoms with van der Waals surface area (Å²) in [6, 6.07) is 11.6. The molecule has 0 atom stereocenters. The second-order valence-electron chi connectivity index (χ2n) is 6.33. The van der Waals surface area contributed by atoms with Crippen LogP contribution in [0.25, 0.3) is 33.1 Å². The average Bonchev–Trinajstić information content (AvgIpc) is 3.15. The smallest absolute Gasteiger partial charge is 0.121 e. The molecule has 0 spiro atoms. The molecular formula is C21H22N4O3. The predicted octanol–water partition coefficient (Wildman–Crippen LogP) is 3.40. The lowest BCUT2D eigenvalue weighted by atomic mass is 10.0. The second-order valence-corrected chi connectivity index (χ2v) is 6.33. The molecule has 0 amide bonds. The lowest BCUT2D eigenvalue weighted by molar-refractivity contribution is 0.0544. The first-order chi connectivity index (χ1) is 13.8. The molecule has 0 radical (unpaired) electrons. The molecule has 0 fully saturated rings. The Bertz CT molecular complexity index is 1090. The van der Waals surface area contributed by atoms with Crippen molar-refractivity contribution in [2.45, 2.75) is 0 Å². The van der Waals surface area contributed by atoms with Gasteiger partial charge in [0.15, 0.2) is 0 Å². The monoisotopic (exact) mass is 378 g/mol. The van der Waals surface area contributed by atoms with Gasteiger partial charge >= 0.3 is 0 Å². The van der Waals surface area contributed by atoms with Crippen molar-refractivity contribution in [3.05, 3.63) is 48.9 Å². The topological polar surface area (TPSA) is 95.3 Å². The van der Waals surface area contributed by atoms with Crippen molar-refractivity contribution in [3.8, 4) is 17.0 Å². The Morgan fingerprint density at radius 2 is 1.93 bits per heavy atom.